The van der Waals surface area contributed by atoms with Gasteiger partial charge in [-0.25, -0.2) is 4.98 Å². The Labute approximate surface area is 174 Å². The van der Waals surface area contributed by atoms with Crippen LogP contribution in [0.5, 0.6) is 0 Å². The zero-order chi connectivity index (χ0) is 20.2. The topological polar surface area (TPSA) is 68.4 Å². The summed E-state index contributed by atoms with van der Waals surface area (Å²) < 4.78 is 1.35. The highest BCUT2D eigenvalue weighted by molar-refractivity contribution is 6.31. The molecular weight excluding hydrogens is 388 g/mol. The van der Waals surface area contributed by atoms with Gasteiger partial charge in [0.1, 0.15) is 12.6 Å². The lowest BCUT2D eigenvalue weighted by Crippen LogP contribution is -3.11. The Morgan fingerprint density at radius 1 is 1.14 bits per heavy atom. The van der Waals surface area contributed by atoms with Crippen LogP contribution in [0.4, 0.5) is 0 Å². The fraction of sp³-hybridized carbons (Fsp3) is 0.318. The van der Waals surface area contributed by atoms with Gasteiger partial charge in [0.15, 0.2) is 0 Å². The summed E-state index contributed by atoms with van der Waals surface area (Å²) in [4.78, 5) is 30.9. The first-order valence-corrected chi connectivity index (χ1v) is 10.3. The number of rotatable bonds is 6. The summed E-state index contributed by atoms with van der Waals surface area (Å²) in [5.41, 5.74) is 1.47. The van der Waals surface area contributed by atoms with Gasteiger partial charge >= 0.3 is 0 Å². The number of aromatic nitrogens is 2. The predicted octanol–water partition coefficient (Wildman–Crippen LogP) is 1.59. The quantitative estimate of drug-likeness (QED) is 0.647. The Balaban J connectivity index is 1.48. The molecule has 1 saturated heterocycles. The number of nitrogens with zero attached hydrogens (tertiary/aromatic N) is 2. The summed E-state index contributed by atoms with van der Waals surface area (Å²) in [5.74, 6) is -0.208. The molecule has 2 heterocycles. The molecular formula is C22H24ClN4O2+. The molecule has 29 heavy (non-hydrogen) atoms. The minimum Gasteiger partial charge on any atom is -0.348 e. The van der Waals surface area contributed by atoms with E-state index in [1.165, 1.54) is 28.6 Å². The van der Waals surface area contributed by atoms with Gasteiger partial charge in [-0.05, 0) is 18.2 Å². The third-order valence-corrected chi connectivity index (χ3v) is 5.91. The van der Waals surface area contributed by atoms with Crippen LogP contribution in [-0.4, -0.2) is 35.1 Å². The zero-order valence-electron chi connectivity index (χ0n) is 16.1. The van der Waals surface area contributed by atoms with E-state index in [0.717, 1.165) is 23.7 Å². The first-order valence-electron chi connectivity index (χ1n) is 9.93. The number of hydrogen-bond acceptors (Lipinski definition) is 3. The molecule has 1 aliphatic heterocycles. The standard InChI is InChI=1S/C22H23ClN4O2/c23-18-9-3-1-7-16(18)20(26-11-5-6-12-26)13-24-21(28)14-27-15-25-19-10-4-2-8-17(19)22(27)29/h1-4,7-10,15,20H,5-6,11-14H2,(H,24,28)/p+1/t20-/m1/s1. The number of carbonyl (C=O) groups is 1. The van der Waals surface area contributed by atoms with Gasteiger partial charge in [-0.15, -0.1) is 0 Å². The van der Waals surface area contributed by atoms with E-state index in [-0.39, 0.29) is 24.1 Å². The Morgan fingerprint density at radius 2 is 1.86 bits per heavy atom. The number of fused-ring (bicyclic) bond motifs is 1. The predicted molar refractivity (Wildman–Crippen MR) is 113 cm³/mol. The van der Waals surface area contributed by atoms with Crippen molar-refractivity contribution < 1.29 is 9.69 Å². The number of likely N-dealkylation sites (tertiary alicyclic amines) is 1. The van der Waals surface area contributed by atoms with Crippen molar-refractivity contribution in [2.75, 3.05) is 19.6 Å². The molecule has 1 atom stereocenters. The minimum atomic E-state index is -0.210. The molecule has 0 aliphatic carbocycles. The fourth-order valence-corrected chi connectivity index (χ4v) is 4.32. The number of hydrogen-bond donors (Lipinski definition) is 2. The molecule has 3 aromatic rings. The van der Waals surface area contributed by atoms with Crippen LogP contribution in [0.25, 0.3) is 10.9 Å². The first-order chi connectivity index (χ1) is 14.1. The molecule has 0 unspecified atom stereocenters. The van der Waals surface area contributed by atoms with Crippen LogP contribution in [0.2, 0.25) is 5.02 Å². The van der Waals surface area contributed by atoms with Gasteiger partial charge in [-0.3, -0.25) is 14.2 Å². The van der Waals surface area contributed by atoms with Crippen LogP contribution >= 0.6 is 11.6 Å². The summed E-state index contributed by atoms with van der Waals surface area (Å²) in [7, 11) is 0. The van der Waals surface area contributed by atoms with Crippen molar-refractivity contribution in [3.8, 4) is 0 Å². The van der Waals surface area contributed by atoms with E-state index in [4.69, 9.17) is 11.6 Å². The molecule has 0 bridgehead atoms. The average Bonchev–Trinajstić information content (AvgIpc) is 3.26. The second-order valence-corrected chi connectivity index (χ2v) is 7.85. The largest absolute Gasteiger partial charge is 0.348 e. The van der Waals surface area contributed by atoms with Crippen LogP contribution in [0.1, 0.15) is 24.4 Å². The lowest BCUT2D eigenvalue weighted by Gasteiger charge is -2.26. The van der Waals surface area contributed by atoms with Crippen molar-refractivity contribution in [1.82, 2.24) is 14.9 Å². The highest BCUT2D eigenvalue weighted by Gasteiger charge is 2.29. The zero-order valence-corrected chi connectivity index (χ0v) is 16.9. The summed E-state index contributed by atoms with van der Waals surface area (Å²) in [6.07, 6.45) is 3.80. The van der Waals surface area contributed by atoms with Crippen LogP contribution in [-0.2, 0) is 11.3 Å². The van der Waals surface area contributed by atoms with Crippen molar-refractivity contribution in [2.45, 2.75) is 25.4 Å². The second kappa shape index (κ2) is 8.76. The number of halogens is 1. The minimum absolute atomic E-state index is 0.0543. The van der Waals surface area contributed by atoms with Gasteiger partial charge in [0.25, 0.3) is 5.56 Å². The Kier molecular flexibility index (Phi) is 5.92. The van der Waals surface area contributed by atoms with E-state index >= 15 is 0 Å². The highest BCUT2D eigenvalue weighted by Crippen LogP contribution is 2.21. The highest BCUT2D eigenvalue weighted by atomic mass is 35.5. The van der Waals surface area contributed by atoms with Crippen LogP contribution in [0.3, 0.4) is 0 Å². The molecule has 0 radical (unpaired) electrons. The number of quaternary nitrogens is 1. The van der Waals surface area contributed by atoms with E-state index < -0.39 is 0 Å². The third-order valence-electron chi connectivity index (χ3n) is 5.57. The Hall–Kier alpha value is -2.70. The van der Waals surface area contributed by atoms with Gasteiger partial charge in [-0.1, -0.05) is 41.9 Å². The van der Waals surface area contributed by atoms with E-state index in [1.807, 2.05) is 30.3 Å². The fourth-order valence-electron chi connectivity index (χ4n) is 4.05. The summed E-state index contributed by atoms with van der Waals surface area (Å²) in [6.45, 7) is 2.56. The molecule has 4 rings (SSSR count). The van der Waals surface area contributed by atoms with Crippen molar-refractivity contribution in [2.24, 2.45) is 0 Å². The summed E-state index contributed by atoms with van der Waals surface area (Å²) >= 11 is 6.44. The summed E-state index contributed by atoms with van der Waals surface area (Å²) in [6, 6.07) is 15.1. The molecule has 2 N–H and O–H groups in total. The van der Waals surface area contributed by atoms with E-state index in [0.29, 0.717) is 17.4 Å². The van der Waals surface area contributed by atoms with Gasteiger partial charge < -0.3 is 10.2 Å². The summed E-state index contributed by atoms with van der Waals surface area (Å²) in [5, 5.41) is 4.24. The lowest BCUT2D eigenvalue weighted by molar-refractivity contribution is -0.918. The molecule has 1 aromatic heterocycles. The van der Waals surface area contributed by atoms with Crippen molar-refractivity contribution >= 4 is 28.4 Å². The van der Waals surface area contributed by atoms with Crippen LogP contribution in [0, 0.1) is 0 Å². The van der Waals surface area contributed by atoms with Crippen molar-refractivity contribution in [3.63, 3.8) is 0 Å². The Bertz CT molecular complexity index is 1080. The molecule has 0 saturated carbocycles. The molecule has 1 aliphatic rings. The van der Waals surface area contributed by atoms with Crippen molar-refractivity contribution in [1.29, 1.82) is 0 Å². The van der Waals surface area contributed by atoms with Gasteiger partial charge in [0, 0.05) is 23.4 Å². The maximum atomic E-state index is 12.6. The maximum Gasteiger partial charge on any atom is 0.261 e. The molecule has 1 fully saturated rings. The Morgan fingerprint density at radius 3 is 2.66 bits per heavy atom. The average molecular weight is 412 g/mol. The van der Waals surface area contributed by atoms with Crippen LogP contribution in [0.15, 0.2) is 59.7 Å². The second-order valence-electron chi connectivity index (χ2n) is 7.44. The van der Waals surface area contributed by atoms with E-state index in [1.54, 1.807) is 18.2 Å². The molecule has 6 nitrogen and oxygen atoms in total. The molecule has 150 valence electrons. The van der Waals surface area contributed by atoms with Gasteiger partial charge in [-0.2, -0.15) is 0 Å². The number of para-hydroxylation sites is 1. The first kappa shape index (κ1) is 19.6. The maximum absolute atomic E-state index is 12.6. The number of amides is 1. The number of nitrogens with one attached hydrogen (secondary N) is 2. The third kappa shape index (κ3) is 4.33. The smallest absolute Gasteiger partial charge is 0.261 e. The molecule has 7 heteroatoms. The molecule has 1 amide bonds. The van der Waals surface area contributed by atoms with Gasteiger partial charge in [0.05, 0.1) is 36.9 Å². The monoisotopic (exact) mass is 411 g/mol. The van der Waals surface area contributed by atoms with Crippen molar-refractivity contribution in [3.05, 3.63) is 75.8 Å². The number of carbonyl (C=O) groups excluding carboxylic acids is 1. The SMILES string of the molecule is O=C(Cn1cnc2ccccc2c1=O)NC[C@H](c1ccccc1Cl)[NH+]1CCCC1. The van der Waals surface area contributed by atoms with E-state index in [9.17, 15) is 9.59 Å². The lowest BCUT2D eigenvalue weighted by atomic mass is 10.1. The normalized spacial score (nSPS) is 15.5. The van der Waals surface area contributed by atoms with Crippen LogP contribution < -0.4 is 15.8 Å². The molecule has 0 spiro atoms. The van der Waals surface area contributed by atoms with Gasteiger partial charge in [0.2, 0.25) is 5.91 Å². The molecule has 2 aromatic carbocycles. The van der Waals surface area contributed by atoms with E-state index in [2.05, 4.69) is 10.3 Å². The number of benzene rings is 2.